The van der Waals surface area contributed by atoms with E-state index in [2.05, 4.69) is 21.2 Å². The minimum absolute atomic E-state index is 0.142. The fourth-order valence-corrected chi connectivity index (χ4v) is 2.18. The highest BCUT2D eigenvalue weighted by molar-refractivity contribution is 9.10. The molecule has 0 radical (unpaired) electrons. The van der Waals surface area contributed by atoms with Crippen molar-refractivity contribution in [3.05, 3.63) is 70.8 Å². The first-order valence-electron chi connectivity index (χ1n) is 6.76. The number of halogens is 1. The zero-order chi connectivity index (χ0) is 15.1. The second-order valence-electron chi connectivity index (χ2n) is 4.41. The van der Waals surface area contributed by atoms with Gasteiger partial charge in [-0.3, -0.25) is 4.90 Å². The number of anilines is 1. The molecule has 0 aliphatic carbocycles. The number of amides is 2. The molecule has 0 aliphatic heterocycles. The van der Waals surface area contributed by atoms with E-state index in [4.69, 9.17) is 0 Å². The quantitative estimate of drug-likeness (QED) is 0.859. The van der Waals surface area contributed by atoms with Gasteiger partial charge in [-0.2, -0.15) is 0 Å². The Balaban J connectivity index is 1.98. The second kappa shape index (κ2) is 7.64. The summed E-state index contributed by atoms with van der Waals surface area (Å²) in [7, 11) is 0. The summed E-state index contributed by atoms with van der Waals surface area (Å²) < 4.78 is 1.03. The van der Waals surface area contributed by atoms with E-state index in [0.29, 0.717) is 6.54 Å². The molecule has 1 N–H and O–H groups in total. The summed E-state index contributed by atoms with van der Waals surface area (Å²) >= 11 is 3.39. The van der Waals surface area contributed by atoms with Crippen molar-refractivity contribution in [1.29, 1.82) is 0 Å². The molecule has 0 aromatic heterocycles. The molecule has 0 atom stereocenters. The van der Waals surface area contributed by atoms with Crippen LogP contribution in [-0.4, -0.2) is 12.6 Å². The van der Waals surface area contributed by atoms with Gasteiger partial charge >= 0.3 is 6.03 Å². The lowest BCUT2D eigenvalue weighted by atomic mass is 10.2. The van der Waals surface area contributed by atoms with E-state index >= 15 is 0 Å². The fourth-order valence-electron chi connectivity index (χ4n) is 1.91. The molecule has 0 spiro atoms. The van der Waals surface area contributed by atoms with Gasteiger partial charge in [0, 0.05) is 22.9 Å². The molecule has 0 saturated carbocycles. The second-order valence-corrected chi connectivity index (χ2v) is 5.33. The highest BCUT2D eigenvalue weighted by Gasteiger charge is 2.11. The van der Waals surface area contributed by atoms with E-state index in [9.17, 15) is 4.79 Å². The predicted molar refractivity (Wildman–Crippen MR) is 91.2 cm³/mol. The number of nitrogens with zero attached hydrogens (tertiary/aromatic N) is 1. The minimum atomic E-state index is -0.142. The third-order valence-electron chi connectivity index (χ3n) is 2.98. The molecule has 4 heteroatoms. The average Bonchev–Trinajstić information content (AvgIpc) is 2.51. The van der Waals surface area contributed by atoms with Gasteiger partial charge in [0.15, 0.2) is 0 Å². The lowest BCUT2D eigenvalue weighted by Gasteiger charge is -2.20. The zero-order valence-electron chi connectivity index (χ0n) is 11.8. The Bertz CT molecular complexity index is 608. The number of para-hydroxylation sites is 1. The summed E-state index contributed by atoms with van der Waals surface area (Å²) in [5.74, 6) is 0. The molecule has 3 nitrogen and oxygen atoms in total. The smallest absolute Gasteiger partial charge is 0.314 e. The van der Waals surface area contributed by atoms with Gasteiger partial charge in [-0.15, -0.1) is 0 Å². The Kier molecular flexibility index (Phi) is 5.58. The summed E-state index contributed by atoms with van der Waals surface area (Å²) in [5, 5.41) is 2.79. The number of carbonyl (C=O) groups is 1. The number of hydrogen-bond acceptors (Lipinski definition) is 1. The van der Waals surface area contributed by atoms with Crippen LogP contribution in [0.15, 0.2) is 65.3 Å². The molecule has 2 aromatic rings. The summed E-state index contributed by atoms with van der Waals surface area (Å²) in [6.45, 7) is 2.56. The van der Waals surface area contributed by atoms with Crippen molar-refractivity contribution in [3.8, 4) is 0 Å². The highest BCUT2D eigenvalue weighted by Crippen LogP contribution is 2.13. The van der Waals surface area contributed by atoms with Gasteiger partial charge < -0.3 is 5.32 Å². The van der Waals surface area contributed by atoms with Crippen LogP contribution in [0.4, 0.5) is 10.5 Å². The van der Waals surface area contributed by atoms with Crippen LogP contribution in [0.1, 0.15) is 12.5 Å². The largest absolute Gasteiger partial charge is 0.325 e. The molecule has 0 fully saturated rings. The maximum atomic E-state index is 12.2. The van der Waals surface area contributed by atoms with E-state index in [1.54, 1.807) is 11.1 Å². The Morgan fingerprint density at radius 3 is 2.43 bits per heavy atom. The SMILES string of the molecule is CCN(C(=O)N/C=C/c1ccc(Br)cc1)c1ccccc1. The molecule has 2 amide bonds. The van der Waals surface area contributed by atoms with Crippen molar-refractivity contribution in [3.63, 3.8) is 0 Å². The number of hydrogen-bond donors (Lipinski definition) is 1. The first-order chi connectivity index (χ1) is 10.2. The zero-order valence-corrected chi connectivity index (χ0v) is 13.4. The van der Waals surface area contributed by atoms with Gasteiger partial charge in [-0.1, -0.05) is 46.3 Å². The molecule has 0 bridgehead atoms. The topological polar surface area (TPSA) is 32.3 Å². The molecule has 21 heavy (non-hydrogen) atoms. The van der Waals surface area contributed by atoms with Crippen LogP contribution in [0.3, 0.4) is 0 Å². The van der Waals surface area contributed by atoms with Crippen LogP contribution in [0.2, 0.25) is 0 Å². The van der Waals surface area contributed by atoms with Gasteiger partial charge in [0.1, 0.15) is 0 Å². The van der Waals surface area contributed by atoms with Crippen molar-refractivity contribution in [2.45, 2.75) is 6.92 Å². The van der Waals surface area contributed by atoms with Crippen LogP contribution in [-0.2, 0) is 0 Å². The van der Waals surface area contributed by atoms with Crippen molar-refractivity contribution in [2.75, 3.05) is 11.4 Å². The Morgan fingerprint density at radius 2 is 1.81 bits per heavy atom. The molecule has 2 aromatic carbocycles. The third kappa shape index (κ3) is 4.46. The van der Waals surface area contributed by atoms with Crippen LogP contribution in [0.25, 0.3) is 6.08 Å². The van der Waals surface area contributed by atoms with Crippen LogP contribution in [0, 0.1) is 0 Å². The lowest BCUT2D eigenvalue weighted by Crippen LogP contribution is -2.37. The van der Waals surface area contributed by atoms with Crippen molar-refractivity contribution in [2.24, 2.45) is 0 Å². The van der Waals surface area contributed by atoms with Crippen molar-refractivity contribution in [1.82, 2.24) is 5.32 Å². The Hall–Kier alpha value is -2.07. The number of urea groups is 1. The van der Waals surface area contributed by atoms with Crippen molar-refractivity contribution < 1.29 is 4.79 Å². The predicted octanol–water partition coefficient (Wildman–Crippen LogP) is 4.66. The normalized spacial score (nSPS) is 10.6. The van der Waals surface area contributed by atoms with Crippen LogP contribution in [0.5, 0.6) is 0 Å². The monoisotopic (exact) mass is 344 g/mol. The maximum Gasteiger partial charge on any atom is 0.325 e. The summed E-state index contributed by atoms with van der Waals surface area (Å²) in [6, 6.07) is 17.3. The first kappa shape index (κ1) is 15.3. The van der Waals surface area contributed by atoms with Gasteiger partial charge in [-0.05, 0) is 42.8 Å². The third-order valence-corrected chi connectivity index (χ3v) is 3.51. The average molecular weight is 345 g/mol. The van der Waals surface area contributed by atoms with E-state index in [-0.39, 0.29) is 6.03 Å². The van der Waals surface area contributed by atoms with Crippen LogP contribution >= 0.6 is 15.9 Å². The van der Waals surface area contributed by atoms with E-state index in [1.807, 2.05) is 67.6 Å². The van der Waals surface area contributed by atoms with Gasteiger partial charge in [0.05, 0.1) is 0 Å². The number of rotatable bonds is 4. The molecular formula is C17H17BrN2O. The number of carbonyl (C=O) groups excluding carboxylic acids is 1. The fraction of sp³-hybridized carbons (Fsp3) is 0.118. The van der Waals surface area contributed by atoms with E-state index in [0.717, 1.165) is 15.7 Å². The summed E-state index contributed by atoms with van der Waals surface area (Å²) in [4.78, 5) is 13.9. The van der Waals surface area contributed by atoms with E-state index < -0.39 is 0 Å². The first-order valence-corrected chi connectivity index (χ1v) is 7.55. The molecule has 2 rings (SSSR count). The summed E-state index contributed by atoms with van der Waals surface area (Å²) in [6.07, 6.45) is 3.53. The van der Waals surface area contributed by atoms with Gasteiger partial charge in [-0.25, -0.2) is 4.79 Å². The Labute approximate surface area is 133 Å². The van der Waals surface area contributed by atoms with Crippen LogP contribution < -0.4 is 10.2 Å². The molecule has 0 saturated heterocycles. The van der Waals surface area contributed by atoms with E-state index in [1.165, 1.54) is 0 Å². The molecule has 0 aliphatic rings. The minimum Gasteiger partial charge on any atom is -0.314 e. The molecule has 0 unspecified atom stereocenters. The Morgan fingerprint density at radius 1 is 1.14 bits per heavy atom. The van der Waals surface area contributed by atoms with Crippen molar-refractivity contribution >= 4 is 33.7 Å². The standard InChI is InChI=1S/C17H17BrN2O/c1-2-20(16-6-4-3-5-7-16)17(21)19-13-12-14-8-10-15(18)11-9-14/h3-13H,2H2,1H3,(H,19,21)/b13-12+. The maximum absolute atomic E-state index is 12.2. The highest BCUT2D eigenvalue weighted by atomic mass is 79.9. The molecular weight excluding hydrogens is 328 g/mol. The van der Waals surface area contributed by atoms with Gasteiger partial charge in [0.2, 0.25) is 0 Å². The number of benzene rings is 2. The molecule has 0 heterocycles. The number of nitrogens with one attached hydrogen (secondary N) is 1. The summed E-state index contributed by atoms with van der Waals surface area (Å²) in [5.41, 5.74) is 1.91. The molecule has 108 valence electrons. The van der Waals surface area contributed by atoms with Gasteiger partial charge in [0.25, 0.3) is 0 Å². The lowest BCUT2D eigenvalue weighted by molar-refractivity contribution is 0.249.